The largest absolute Gasteiger partial charge is 0.375 e. The first-order valence-electron chi connectivity index (χ1n) is 6.75. The Morgan fingerprint density at radius 1 is 1.23 bits per heavy atom. The molecule has 1 heterocycles. The zero-order valence-corrected chi connectivity index (χ0v) is 12.2. The van der Waals surface area contributed by atoms with Crippen LogP contribution in [-0.4, -0.2) is 30.5 Å². The molecule has 2 aromatic rings. The Morgan fingerprint density at radius 2 is 2.09 bits per heavy atom. The van der Waals surface area contributed by atoms with Crippen molar-refractivity contribution >= 4 is 17.5 Å². The van der Waals surface area contributed by atoms with Crippen molar-refractivity contribution in [3.8, 4) is 0 Å². The topological polar surface area (TPSA) is 80.3 Å². The number of methoxy groups -OCH3 is 1. The number of amides is 2. The number of hydrogen-bond acceptors (Lipinski definition) is 4. The molecule has 0 unspecified atom stereocenters. The van der Waals surface area contributed by atoms with Crippen molar-refractivity contribution in [3.05, 3.63) is 59.9 Å². The Bertz CT molecular complexity index is 644. The molecule has 114 valence electrons. The predicted molar refractivity (Wildman–Crippen MR) is 82.4 cm³/mol. The Labute approximate surface area is 128 Å². The molecule has 0 aliphatic carbocycles. The molecule has 0 atom stereocenters. The van der Waals surface area contributed by atoms with E-state index in [1.54, 1.807) is 30.5 Å². The fourth-order valence-corrected chi connectivity index (χ4v) is 1.84. The summed E-state index contributed by atoms with van der Waals surface area (Å²) in [5.41, 5.74) is 2.03. The van der Waals surface area contributed by atoms with Crippen LogP contribution in [0.2, 0.25) is 0 Å². The van der Waals surface area contributed by atoms with Gasteiger partial charge in [0.05, 0.1) is 5.56 Å². The number of hydrogen-bond donors (Lipinski definition) is 2. The van der Waals surface area contributed by atoms with Gasteiger partial charge in [0.2, 0.25) is 5.91 Å². The molecule has 0 bridgehead atoms. The summed E-state index contributed by atoms with van der Waals surface area (Å²) in [5.74, 6) is -0.416. The van der Waals surface area contributed by atoms with E-state index in [0.717, 1.165) is 5.56 Å². The van der Waals surface area contributed by atoms with Crippen LogP contribution in [0.4, 0.5) is 5.69 Å². The lowest BCUT2D eigenvalue weighted by molar-refractivity contribution is -0.124. The van der Waals surface area contributed by atoms with E-state index in [-0.39, 0.29) is 18.4 Å². The summed E-state index contributed by atoms with van der Waals surface area (Å²) in [6.07, 6.45) is 3.12. The van der Waals surface area contributed by atoms with Gasteiger partial charge in [0.15, 0.2) is 0 Å². The summed E-state index contributed by atoms with van der Waals surface area (Å²) in [5, 5.41) is 5.52. The monoisotopic (exact) mass is 299 g/mol. The molecule has 1 aromatic heterocycles. The zero-order chi connectivity index (χ0) is 15.8. The lowest BCUT2D eigenvalue weighted by Crippen LogP contribution is -2.26. The fraction of sp³-hybridized carbons (Fsp3) is 0.188. The second-order valence-corrected chi connectivity index (χ2v) is 4.61. The van der Waals surface area contributed by atoms with Gasteiger partial charge < -0.3 is 15.4 Å². The van der Waals surface area contributed by atoms with Crippen LogP contribution in [0, 0.1) is 0 Å². The maximum Gasteiger partial charge on any atom is 0.257 e. The lowest BCUT2D eigenvalue weighted by atomic mass is 10.2. The maximum absolute atomic E-state index is 12.0. The molecule has 6 heteroatoms. The predicted octanol–water partition coefficient (Wildman–Crippen LogP) is 1.60. The third-order valence-corrected chi connectivity index (χ3v) is 2.87. The van der Waals surface area contributed by atoms with Crippen molar-refractivity contribution < 1.29 is 14.3 Å². The number of nitrogens with one attached hydrogen (secondary N) is 2. The van der Waals surface area contributed by atoms with E-state index in [1.807, 2.05) is 12.1 Å². The lowest BCUT2D eigenvalue weighted by Gasteiger charge is -2.08. The normalized spacial score (nSPS) is 10.0. The van der Waals surface area contributed by atoms with Gasteiger partial charge in [0, 0.05) is 31.7 Å². The van der Waals surface area contributed by atoms with Crippen molar-refractivity contribution in [2.75, 3.05) is 19.0 Å². The van der Waals surface area contributed by atoms with Gasteiger partial charge >= 0.3 is 0 Å². The van der Waals surface area contributed by atoms with Crippen LogP contribution in [0.1, 0.15) is 15.9 Å². The van der Waals surface area contributed by atoms with Crippen molar-refractivity contribution in [1.29, 1.82) is 0 Å². The molecule has 0 aliphatic rings. The second kappa shape index (κ2) is 7.90. The molecule has 6 nitrogen and oxygen atoms in total. The summed E-state index contributed by atoms with van der Waals surface area (Å²) in [7, 11) is 1.47. The molecule has 0 saturated carbocycles. The van der Waals surface area contributed by atoms with Crippen LogP contribution in [0.15, 0.2) is 48.8 Å². The van der Waals surface area contributed by atoms with Gasteiger partial charge in [-0.1, -0.05) is 12.1 Å². The van der Waals surface area contributed by atoms with E-state index >= 15 is 0 Å². The smallest absolute Gasteiger partial charge is 0.257 e. The fourth-order valence-electron chi connectivity index (χ4n) is 1.84. The van der Waals surface area contributed by atoms with Crippen LogP contribution in [0.25, 0.3) is 0 Å². The molecule has 2 amide bonds. The first-order chi connectivity index (χ1) is 10.7. The van der Waals surface area contributed by atoms with Gasteiger partial charge in [-0.05, 0) is 29.8 Å². The Balaban J connectivity index is 1.96. The average Bonchev–Trinajstić information content (AvgIpc) is 2.54. The third kappa shape index (κ3) is 4.68. The molecule has 0 aliphatic heterocycles. The number of carbonyl (C=O) groups excluding carboxylic acids is 2. The van der Waals surface area contributed by atoms with Crippen molar-refractivity contribution in [3.63, 3.8) is 0 Å². The molecule has 0 fully saturated rings. The molecular weight excluding hydrogens is 282 g/mol. The first kappa shape index (κ1) is 15.7. The summed E-state index contributed by atoms with van der Waals surface area (Å²) in [6, 6.07) is 10.7. The van der Waals surface area contributed by atoms with Gasteiger partial charge in [0.25, 0.3) is 5.91 Å². The summed E-state index contributed by atoms with van der Waals surface area (Å²) in [4.78, 5) is 27.3. The third-order valence-electron chi connectivity index (χ3n) is 2.87. The zero-order valence-electron chi connectivity index (χ0n) is 12.2. The molecule has 1 aromatic carbocycles. The minimum absolute atomic E-state index is 0.0252. The van der Waals surface area contributed by atoms with Crippen LogP contribution in [0.5, 0.6) is 0 Å². The molecule has 0 saturated heterocycles. The van der Waals surface area contributed by atoms with Gasteiger partial charge in [-0.25, -0.2) is 0 Å². The summed E-state index contributed by atoms with van der Waals surface area (Å²) >= 11 is 0. The van der Waals surface area contributed by atoms with Crippen LogP contribution in [0.3, 0.4) is 0 Å². The molecule has 22 heavy (non-hydrogen) atoms. The highest BCUT2D eigenvalue weighted by atomic mass is 16.5. The van der Waals surface area contributed by atoms with Gasteiger partial charge in [-0.15, -0.1) is 0 Å². The van der Waals surface area contributed by atoms with Crippen molar-refractivity contribution in [2.45, 2.75) is 6.54 Å². The van der Waals surface area contributed by atoms with Crippen LogP contribution < -0.4 is 10.6 Å². The van der Waals surface area contributed by atoms with E-state index in [9.17, 15) is 9.59 Å². The van der Waals surface area contributed by atoms with E-state index in [2.05, 4.69) is 15.6 Å². The number of aromatic nitrogens is 1. The van der Waals surface area contributed by atoms with Crippen LogP contribution >= 0.6 is 0 Å². The number of rotatable bonds is 6. The minimum Gasteiger partial charge on any atom is -0.375 e. The van der Waals surface area contributed by atoms with E-state index in [0.29, 0.717) is 17.8 Å². The van der Waals surface area contributed by atoms with Gasteiger partial charge in [0.1, 0.15) is 6.61 Å². The van der Waals surface area contributed by atoms with Crippen molar-refractivity contribution in [1.82, 2.24) is 10.3 Å². The first-order valence-corrected chi connectivity index (χ1v) is 6.75. The molecule has 0 spiro atoms. The quantitative estimate of drug-likeness (QED) is 0.849. The summed E-state index contributed by atoms with van der Waals surface area (Å²) < 4.78 is 4.74. The van der Waals surface area contributed by atoms with Gasteiger partial charge in [-0.3, -0.25) is 14.6 Å². The van der Waals surface area contributed by atoms with E-state index in [4.69, 9.17) is 4.74 Å². The highest BCUT2D eigenvalue weighted by Crippen LogP contribution is 2.12. The number of anilines is 1. The SMILES string of the molecule is COCC(=O)NCc1cccc(NC(=O)c2cccnc2)c1. The Morgan fingerprint density at radius 3 is 2.82 bits per heavy atom. The maximum atomic E-state index is 12.0. The second-order valence-electron chi connectivity index (χ2n) is 4.61. The van der Waals surface area contributed by atoms with E-state index in [1.165, 1.54) is 13.3 Å². The summed E-state index contributed by atoms with van der Waals surface area (Å²) in [6.45, 7) is 0.399. The number of ether oxygens (including phenoxy) is 1. The Hall–Kier alpha value is -2.73. The highest BCUT2D eigenvalue weighted by molar-refractivity contribution is 6.04. The number of benzene rings is 1. The standard InChI is InChI=1S/C16H17N3O3/c1-22-11-15(20)18-9-12-4-2-6-14(8-12)19-16(21)13-5-3-7-17-10-13/h2-8,10H,9,11H2,1H3,(H,18,20)(H,19,21). The minimum atomic E-state index is -0.228. The molecule has 2 N–H and O–H groups in total. The highest BCUT2D eigenvalue weighted by Gasteiger charge is 2.06. The Kier molecular flexibility index (Phi) is 5.62. The number of carbonyl (C=O) groups is 2. The average molecular weight is 299 g/mol. The molecule has 2 rings (SSSR count). The van der Waals surface area contributed by atoms with Crippen LogP contribution in [-0.2, 0) is 16.1 Å². The van der Waals surface area contributed by atoms with Gasteiger partial charge in [-0.2, -0.15) is 0 Å². The molecule has 0 radical (unpaired) electrons. The molecular formula is C16H17N3O3. The number of pyridine rings is 1. The van der Waals surface area contributed by atoms with E-state index < -0.39 is 0 Å². The van der Waals surface area contributed by atoms with Crippen molar-refractivity contribution in [2.24, 2.45) is 0 Å². The number of nitrogens with zero attached hydrogens (tertiary/aromatic N) is 1.